The number of hydrogen-bond donors (Lipinski definition) is 0. The lowest BCUT2D eigenvalue weighted by molar-refractivity contribution is 0.563. The summed E-state index contributed by atoms with van der Waals surface area (Å²) in [6, 6.07) is 9.75. The molecule has 4 nitrogen and oxygen atoms in total. The highest BCUT2D eigenvalue weighted by molar-refractivity contribution is 5.34. The average Bonchev–Trinajstić information content (AvgIpc) is 2.76. The van der Waals surface area contributed by atoms with Gasteiger partial charge in [0.05, 0.1) is 18.4 Å². The summed E-state index contributed by atoms with van der Waals surface area (Å²) in [5.74, 6) is 0. The Morgan fingerprint density at radius 2 is 2.13 bits per heavy atom. The van der Waals surface area contributed by atoms with Crippen molar-refractivity contribution in [2.75, 3.05) is 0 Å². The predicted molar refractivity (Wildman–Crippen MR) is 55.4 cm³/mol. The Morgan fingerprint density at radius 3 is 2.87 bits per heavy atom. The largest absolute Gasteiger partial charge is 0.241 e. The number of benzene rings is 1. The SMILES string of the molecule is O=C=NCc1cnn(-c2ccccc2)c1. The van der Waals surface area contributed by atoms with Crippen LogP contribution in [0.2, 0.25) is 0 Å². The first-order chi connectivity index (χ1) is 7.40. The molecule has 0 N–H and O–H groups in total. The van der Waals surface area contributed by atoms with Gasteiger partial charge in [-0.05, 0) is 12.1 Å². The second kappa shape index (κ2) is 4.35. The van der Waals surface area contributed by atoms with E-state index in [9.17, 15) is 4.79 Å². The molecule has 0 aliphatic carbocycles. The van der Waals surface area contributed by atoms with Crippen LogP contribution >= 0.6 is 0 Å². The Balaban J connectivity index is 2.24. The first kappa shape index (κ1) is 9.37. The Morgan fingerprint density at radius 1 is 1.33 bits per heavy atom. The molecule has 0 saturated heterocycles. The molecule has 0 radical (unpaired) electrons. The highest BCUT2D eigenvalue weighted by Crippen LogP contribution is 2.07. The zero-order valence-electron chi connectivity index (χ0n) is 8.00. The van der Waals surface area contributed by atoms with E-state index in [-0.39, 0.29) is 0 Å². The first-order valence-electron chi connectivity index (χ1n) is 4.53. The molecule has 0 bridgehead atoms. The molecule has 1 heterocycles. The second-order valence-corrected chi connectivity index (χ2v) is 3.04. The van der Waals surface area contributed by atoms with Crippen LogP contribution in [0.5, 0.6) is 0 Å². The van der Waals surface area contributed by atoms with Crippen molar-refractivity contribution in [1.29, 1.82) is 0 Å². The minimum Gasteiger partial charge on any atom is -0.241 e. The van der Waals surface area contributed by atoms with Crippen LogP contribution in [-0.2, 0) is 11.3 Å². The van der Waals surface area contributed by atoms with Crippen molar-refractivity contribution in [3.63, 3.8) is 0 Å². The molecule has 0 fully saturated rings. The van der Waals surface area contributed by atoms with Gasteiger partial charge >= 0.3 is 0 Å². The number of aliphatic imine (C=N–C) groups is 1. The summed E-state index contributed by atoms with van der Waals surface area (Å²) in [6.07, 6.45) is 5.03. The number of hydrogen-bond acceptors (Lipinski definition) is 3. The van der Waals surface area contributed by atoms with Gasteiger partial charge in [0.15, 0.2) is 0 Å². The molecule has 0 amide bonds. The molecule has 0 atom stereocenters. The quantitative estimate of drug-likeness (QED) is 0.558. The average molecular weight is 199 g/mol. The van der Waals surface area contributed by atoms with Crippen molar-refractivity contribution in [3.05, 3.63) is 48.3 Å². The van der Waals surface area contributed by atoms with Gasteiger partial charge in [-0.2, -0.15) is 5.10 Å². The van der Waals surface area contributed by atoms with E-state index in [0.29, 0.717) is 6.54 Å². The van der Waals surface area contributed by atoms with E-state index in [1.54, 1.807) is 10.9 Å². The predicted octanol–water partition coefficient (Wildman–Crippen LogP) is 1.71. The highest BCUT2D eigenvalue weighted by atomic mass is 16.1. The Bertz CT molecular complexity index is 484. The van der Waals surface area contributed by atoms with Gasteiger partial charge in [-0.15, -0.1) is 0 Å². The third-order valence-corrected chi connectivity index (χ3v) is 1.98. The number of aromatic nitrogens is 2. The molecule has 1 aromatic heterocycles. The second-order valence-electron chi connectivity index (χ2n) is 3.04. The van der Waals surface area contributed by atoms with Gasteiger partial charge in [0.2, 0.25) is 6.08 Å². The van der Waals surface area contributed by atoms with Crippen molar-refractivity contribution < 1.29 is 4.79 Å². The molecular weight excluding hydrogens is 190 g/mol. The number of carbonyl (C=O) groups excluding carboxylic acids is 1. The van der Waals surface area contributed by atoms with E-state index in [2.05, 4.69) is 10.1 Å². The van der Waals surface area contributed by atoms with Crippen LogP contribution in [0.25, 0.3) is 5.69 Å². The van der Waals surface area contributed by atoms with Gasteiger partial charge in [0.1, 0.15) is 0 Å². The van der Waals surface area contributed by atoms with Crippen LogP contribution in [0.4, 0.5) is 0 Å². The van der Waals surface area contributed by atoms with Gasteiger partial charge in [0.25, 0.3) is 0 Å². The molecule has 1 aromatic carbocycles. The number of isocyanates is 1. The molecule has 2 aromatic rings. The lowest BCUT2D eigenvalue weighted by Crippen LogP contribution is -1.92. The topological polar surface area (TPSA) is 47.2 Å². The minimum absolute atomic E-state index is 0.330. The zero-order chi connectivity index (χ0) is 10.5. The van der Waals surface area contributed by atoms with Crippen molar-refractivity contribution in [1.82, 2.24) is 9.78 Å². The Hall–Kier alpha value is -2.19. The van der Waals surface area contributed by atoms with Gasteiger partial charge in [-0.1, -0.05) is 18.2 Å². The molecule has 74 valence electrons. The minimum atomic E-state index is 0.330. The molecule has 0 spiro atoms. The maximum atomic E-state index is 9.94. The first-order valence-corrected chi connectivity index (χ1v) is 4.53. The molecule has 2 rings (SSSR count). The summed E-state index contributed by atoms with van der Waals surface area (Å²) in [5, 5.41) is 4.17. The van der Waals surface area contributed by atoms with Gasteiger partial charge in [-0.3, -0.25) is 0 Å². The van der Waals surface area contributed by atoms with Gasteiger partial charge in [0, 0.05) is 11.8 Å². The summed E-state index contributed by atoms with van der Waals surface area (Å²) in [5.41, 5.74) is 1.88. The number of para-hydroxylation sites is 1. The normalized spacial score (nSPS) is 9.60. The van der Waals surface area contributed by atoms with Crippen LogP contribution in [0.1, 0.15) is 5.56 Å². The maximum Gasteiger partial charge on any atom is 0.235 e. The molecular formula is C11H9N3O. The number of rotatable bonds is 3. The van der Waals surface area contributed by atoms with Crippen molar-refractivity contribution in [3.8, 4) is 5.69 Å². The third kappa shape index (κ3) is 2.18. The summed E-state index contributed by atoms with van der Waals surface area (Å²) in [4.78, 5) is 13.4. The monoisotopic (exact) mass is 199 g/mol. The van der Waals surface area contributed by atoms with Crippen LogP contribution in [0.15, 0.2) is 47.7 Å². The smallest absolute Gasteiger partial charge is 0.235 e. The van der Waals surface area contributed by atoms with Crippen LogP contribution in [0, 0.1) is 0 Å². The molecule has 0 aliphatic rings. The lowest BCUT2D eigenvalue weighted by atomic mass is 10.3. The number of nitrogens with zero attached hydrogens (tertiary/aromatic N) is 3. The Labute approximate surface area is 86.9 Å². The summed E-state index contributed by atoms with van der Waals surface area (Å²) in [6.45, 7) is 0.330. The van der Waals surface area contributed by atoms with Gasteiger partial charge in [-0.25, -0.2) is 14.5 Å². The van der Waals surface area contributed by atoms with Crippen LogP contribution in [0.3, 0.4) is 0 Å². The Kier molecular flexibility index (Phi) is 2.72. The molecule has 15 heavy (non-hydrogen) atoms. The van der Waals surface area contributed by atoms with E-state index in [1.807, 2.05) is 36.5 Å². The van der Waals surface area contributed by atoms with Crippen LogP contribution < -0.4 is 0 Å². The fourth-order valence-electron chi connectivity index (χ4n) is 1.29. The van der Waals surface area contributed by atoms with Crippen molar-refractivity contribution in [2.24, 2.45) is 4.99 Å². The fourth-order valence-corrected chi connectivity index (χ4v) is 1.29. The van der Waals surface area contributed by atoms with E-state index >= 15 is 0 Å². The maximum absolute atomic E-state index is 9.94. The zero-order valence-corrected chi connectivity index (χ0v) is 8.00. The standard InChI is InChI=1S/C11H9N3O/c15-9-12-6-10-7-13-14(8-10)11-4-2-1-3-5-11/h1-5,7-8H,6H2. The van der Waals surface area contributed by atoms with E-state index < -0.39 is 0 Å². The van der Waals surface area contributed by atoms with E-state index in [0.717, 1.165) is 11.3 Å². The van der Waals surface area contributed by atoms with Gasteiger partial charge < -0.3 is 0 Å². The summed E-state index contributed by atoms with van der Waals surface area (Å²) < 4.78 is 1.75. The van der Waals surface area contributed by atoms with Crippen LogP contribution in [-0.4, -0.2) is 15.9 Å². The highest BCUT2D eigenvalue weighted by Gasteiger charge is 1.98. The summed E-state index contributed by atoms with van der Waals surface area (Å²) >= 11 is 0. The van der Waals surface area contributed by atoms with E-state index in [1.165, 1.54) is 6.08 Å². The molecule has 0 saturated carbocycles. The third-order valence-electron chi connectivity index (χ3n) is 1.98. The molecule has 4 heteroatoms. The van der Waals surface area contributed by atoms with E-state index in [4.69, 9.17) is 0 Å². The van der Waals surface area contributed by atoms with Crippen molar-refractivity contribution in [2.45, 2.75) is 6.54 Å². The lowest BCUT2D eigenvalue weighted by Gasteiger charge is -1.98. The summed E-state index contributed by atoms with van der Waals surface area (Å²) in [7, 11) is 0. The molecule has 0 unspecified atom stereocenters. The van der Waals surface area contributed by atoms with Crippen molar-refractivity contribution >= 4 is 6.08 Å². The molecule has 0 aliphatic heterocycles. The fraction of sp³-hybridized carbons (Fsp3) is 0.0909.